The smallest absolute Gasteiger partial charge is 0.354 e. The van der Waals surface area contributed by atoms with E-state index in [0.29, 0.717) is 12.4 Å². The van der Waals surface area contributed by atoms with Gasteiger partial charge in [-0.25, -0.2) is 4.79 Å². The zero-order valence-corrected chi connectivity index (χ0v) is 12.0. The quantitative estimate of drug-likeness (QED) is 0.576. The lowest BCUT2D eigenvalue weighted by Gasteiger charge is -2.21. The minimum Gasteiger partial charge on any atom is -0.497 e. The standard InChI is InChI=1S/C16H20NO4/c1-12(16(19)13-5-3-2-4-6-13)17-11-15(18)21-14-7-9-20-10-8-14/h7-9,11-13H,1-6,10H2/t12-/m0/s1. The van der Waals surface area contributed by atoms with E-state index in [-0.39, 0.29) is 11.7 Å². The van der Waals surface area contributed by atoms with Crippen LogP contribution in [0.15, 0.2) is 29.2 Å². The van der Waals surface area contributed by atoms with Gasteiger partial charge in [0, 0.05) is 12.0 Å². The normalized spacial score (nSPS) is 20.7. The highest BCUT2D eigenvalue weighted by Gasteiger charge is 2.25. The van der Waals surface area contributed by atoms with E-state index in [9.17, 15) is 9.59 Å². The van der Waals surface area contributed by atoms with Gasteiger partial charge in [0.1, 0.15) is 24.6 Å². The van der Waals surface area contributed by atoms with Gasteiger partial charge in [0.15, 0.2) is 5.78 Å². The summed E-state index contributed by atoms with van der Waals surface area (Å²) in [6.45, 7) is 4.10. The summed E-state index contributed by atoms with van der Waals surface area (Å²) in [5.41, 5.74) is 0. The Labute approximate surface area is 124 Å². The molecule has 0 aromatic carbocycles. The lowest BCUT2D eigenvalue weighted by molar-refractivity contribution is -0.130. The van der Waals surface area contributed by atoms with Gasteiger partial charge in [-0.05, 0) is 25.8 Å². The van der Waals surface area contributed by atoms with Gasteiger partial charge >= 0.3 is 5.97 Å². The Morgan fingerprint density at radius 2 is 2.14 bits per heavy atom. The molecule has 0 aromatic rings. The van der Waals surface area contributed by atoms with Gasteiger partial charge in [-0.1, -0.05) is 19.3 Å². The number of rotatable bonds is 5. The van der Waals surface area contributed by atoms with Crippen molar-refractivity contribution < 1.29 is 19.1 Å². The van der Waals surface area contributed by atoms with Crippen molar-refractivity contribution >= 4 is 18.0 Å². The molecule has 1 atom stereocenters. The predicted octanol–water partition coefficient (Wildman–Crippen LogP) is 2.38. The van der Waals surface area contributed by atoms with Gasteiger partial charge in [-0.3, -0.25) is 9.79 Å². The molecule has 0 amide bonds. The maximum Gasteiger partial charge on any atom is 0.354 e. The number of esters is 1. The summed E-state index contributed by atoms with van der Waals surface area (Å²) in [7, 11) is 0. The average molecular weight is 290 g/mol. The first-order chi connectivity index (χ1) is 10.2. The van der Waals surface area contributed by atoms with Gasteiger partial charge in [-0.2, -0.15) is 0 Å². The number of carbonyl (C=O) groups is 2. The highest BCUT2D eigenvalue weighted by Crippen LogP contribution is 2.25. The second kappa shape index (κ2) is 7.76. The third-order valence-electron chi connectivity index (χ3n) is 3.62. The van der Waals surface area contributed by atoms with E-state index in [1.54, 1.807) is 12.2 Å². The Morgan fingerprint density at radius 1 is 1.38 bits per heavy atom. The van der Waals surface area contributed by atoms with Crippen molar-refractivity contribution in [2.75, 3.05) is 6.61 Å². The molecule has 1 fully saturated rings. The molecule has 5 heteroatoms. The van der Waals surface area contributed by atoms with Crippen LogP contribution in [0.1, 0.15) is 32.1 Å². The minimum atomic E-state index is -0.736. The van der Waals surface area contributed by atoms with Crippen LogP contribution in [0, 0.1) is 12.8 Å². The van der Waals surface area contributed by atoms with Gasteiger partial charge in [-0.15, -0.1) is 0 Å². The van der Waals surface area contributed by atoms with Crippen molar-refractivity contribution in [2.24, 2.45) is 10.9 Å². The lowest BCUT2D eigenvalue weighted by atomic mass is 9.84. The molecule has 0 unspecified atom stereocenters. The maximum absolute atomic E-state index is 12.1. The predicted molar refractivity (Wildman–Crippen MR) is 78.5 cm³/mol. The molecular weight excluding hydrogens is 270 g/mol. The SMILES string of the molecule is [CH2][C@H](N=CC(=O)OC1=CCOC=C1)C(=O)C1CCCCC1. The Hall–Kier alpha value is -1.91. The molecule has 1 heterocycles. The molecule has 2 aliphatic rings. The largest absolute Gasteiger partial charge is 0.497 e. The van der Waals surface area contributed by atoms with Crippen molar-refractivity contribution in [3.05, 3.63) is 31.1 Å². The highest BCUT2D eigenvalue weighted by atomic mass is 16.5. The maximum atomic E-state index is 12.1. The number of nitrogens with zero attached hydrogens (tertiary/aromatic N) is 1. The third-order valence-corrected chi connectivity index (χ3v) is 3.62. The number of ether oxygens (including phenoxy) is 2. The first-order valence-electron chi connectivity index (χ1n) is 7.27. The third kappa shape index (κ3) is 4.85. The Kier molecular flexibility index (Phi) is 5.72. The topological polar surface area (TPSA) is 65.0 Å². The molecule has 0 aromatic heterocycles. The van der Waals surface area contributed by atoms with Crippen LogP contribution in [-0.4, -0.2) is 30.6 Å². The van der Waals surface area contributed by atoms with E-state index in [2.05, 4.69) is 11.9 Å². The second-order valence-corrected chi connectivity index (χ2v) is 5.19. The van der Waals surface area contributed by atoms with E-state index >= 15 is 0 Å². The second-order valence-electron chi connectivity index (χ2n) is 5.19. The van der Waals surface area contributed by atoms with E-state index < -0.39 is 12.0 Å². The lowest BCUT2D eigenvalue weighted by Crippen LogP contribution is -2.27. The van der Waals surface area contributed by atoms with E-state index in [0.717, 1.165) is 31.9 Å². The van der Waals surface area contributed by atoms with E-state index in [1.807, 2.05) is 0 Å². The van der Waals surface area contributed by atoms with Gasteiger partial charge in [0.2, 0.25) is 0 Å². The molecule has 0 spiro atoms. The molecule has 0 saturated heterocycles. The molecule has 5 nitrogen and oxygen atoms in total. The molecule has 1 aliphatic heterocycles. The molecule has 21 heavy (non-hydrogen) atoms. The summed E-state index contributed by atoms with van der Waals surface area (Å²) in [5.74, 6) is -0.144. The van der Waals surface area contributed by atoms with Crippen LogP contribution in [0.25, 0.3) is 0 Å². The fourth-order valence-corrected chi connectivity index (χ4v) is 2.47. The van der Waals surface area contributed by atoms with E-state index in [1.165, 1.54) is 12.7 Å². The summed E-state index contributed by atoms with van der Waals surface area (Å²) in [6.07, 6.45) is 10.8. The van der Waals surface area contributed by atoms with E-state index in [4.69, 9.17) is 9.47 Å². The summed E-state index contributed by atoms with van der Waals surface area (Å²) < 4.78 is 9.98. The van der Waals surface area contributed by atoms with Crippen LogP contribution in [0.5, 0.6) is 0 Å². The van der Waals surface area contributed by atoms with Gasteiger partial charge < -0.3 is 9.47 Å². The molecule has 113 valence electrons. The van der Waals surface area contributed by atoms with Crippen LogP contribution in [0.2, 0.25) is 0 Å². The number of hydrogen-bond donors (Lipinski definition) is 0. The van der Waals surface area contributed by atoms with Crippen LogP contribution < -0.4 is 0 Å². The molecule has 1 radical (unpaired) electrons. The van der Waals surface area contributed by atoms with Crippen molar-refractivity contribution in [2.45, 2.75) is 38.1 Å². The zero-order chi connectivity index (χ0) is 15.1. The molecule has 0 bridgehead atoms. The molecule has 2 rings (SSSR count). The summed E-state index contributed by atoms with van der Waals surface area (Å²) in [6, 6.07) is -0.736. The first kappa shape index (κ1) is 15.5. The molecule has 0 N–H and O–H groups in total. The zero-order valence-electron chi connectivity index (χ0n) is 12.0. The monoisotopic (exact) mass is 290 g/mol. The number of allylic oxidation sites excluding steroid dienone is 1. The molecule has 1 aliphatic carbocycles. The van der Waals surface area contributed by atoms with Gasteiger partial charge in [0.25, 0.3) is 0 Å². The summed E-state index contributed by atoms with van der Waals surface area (Å²) >= 11 is 0. The Balaban J connectivity index is 1.81. The van der Waals surface area contributed by atoms with Crippen molar-refractivity contribution in [3.8, 4) is 0 Å². The fraction of sp³-hybridized carbons (Fsp3) is 0.500. The van der Waals surface area contributed by atoms with Crippen LogP contribution in [-0.2, 0) is 19.1 Å². The fourth-order valence-electron chi connectivity index (χ4n) is 2.47. The minimum absolute atomic E-state index is 0.0175. The number of ketones is 1. The van der Waals surface area contributed by atoms with Crippen molar-refractivity contribution in [1.29, 1.82) is 0 Å². The Morgan fingerprint density at radius 3 is 2.81 bits per heavy atom. The van der Waals surface area contributed by atoms with Crippen LogP contribution in [0.4, 0.5) is 0 Å². The summed E-state index contributed by atoms with van der Waals surface area (Å²) in [5, 5.41) is 0. The average Bonchev–Trinajstić information content (AvgIpc) is 2.53. The first-order valence-corrected chi connectivity index (χ1v) is 7.27. The van der Waals surface area contributed by atoms with Crippen molar-refractivity contribution in [3.63, 3.8) is 0 Å². The number of hydrogen-bond acceptors (Lipinski definition) is 5. The number of carbonyl (C=O) groups excluding carboxylic acids is 2. The van der Waals surface area contributed by atoms with Gasteiger partial charge in [0.05, 0.1) is 6.26 Å². The number of aliphatic imine (C=N–C) groups is 1. The summed E-state index contributed by atoms with van der Waals surface area (Å²) in [4.78, 5) is 27.6. The molecular formula is C16H20NO4. The van der Waals surface area contributed by atoms with Crippen molar-refractivity contribution in [1.82, 2.24) is 0 Å². The number of Topliss-reactive ketones (excluding diaryl/α,β-unsaturated/α-hetero) is 1. The molecule has 1 saturated carbocycles. The highest BCUT2D eigenvalue weighted by molar-refractivity contribution is 6.23. The van der Waals surface area contributed by atoms with Crippen LogP contribution >= 0.6 is 0 Å². The Bertz CT molecular complexity index is 473. The van der Waals surface area contributed by atoms with Crippen LogP contribution in [0.3, 0.4) is 0 Å².